The topological polar surface area (TPSA) is 87.7 Å². The third kappa shape index (κ3) is 5.35. The third-order valence-electron chi connectivity index (χ3n) is 2.99. The highest BCUT2D eigenvalue weighted by atomic mass is 16.5. The minimum absolute atomic E-state index is 0.0562. The van der Waals surface area contributed by atoms with E-state index in [1.54, 1.807) is 6.92 Å². The lowest BCUT2D eigenvalue weighted by molar-refractivity contribution is -0.137. The van der Waals surface area contributed by atoms with Crippen LogP contribution in [-0.2, 0) is 9.53 Å². The molecule has 0 saturated carbocycles. The average molecular weight is 258 g/mol. The molecule has 1 rings (SSSR count). The Morgan fingerprint density at radius 3 is 2.78 bits per heavy atom. The molecular weight excluding hydrogens is 236 g/mol. The number of hydrogen-bond donors (Lipinski definition) is 3. The van der Waals surface area contributed by atoms with Crippen LogP contribution in [0.15, 0.2) is 0 Å². The van der Waals surface area contributed by atoms with Crippen molar-refractivity contribution in [1.82, 2.24) is 10.6 Å². The van der Waals surface area contributed by atoms with Gasteiger partial charge in [0.05, 0.1) is 12.1 Å². The first kappa shape index (κ1) is 14.8. The van der Waals surface area contributed by atoms with E-state index in [0.29, 0.717) is 13.2 Å². The summed E-state index contributed by atoms with van der Waals surface area (Å²) in [4.78, 5) is 22.2. The second-order valence-corrected chi connectivity index (χ2v) is 5.25. The molecule has 0 radical (unpaired) electrons. The number of carbonyl (C=O) groups excluding carboxylic acids is 1. The van der Waals surface area contributed by atoms with Crippen LogP contribution in [0.5, 0.6) is 0 Å². The molecule has 0 aliphatic carbocycles. The molecule has 1 aliphatic rings. The maximum absolute atomic E-state index is 11.7. The zero-order chi connectivity index (χ0) is 13.6. The maximum atomic E-state index is 11.7. The van der Waals surface area contributed by atoms with E-state index in [9.17, 15) is 9.59 Å². The molecule has 0 aromatic heterocycles. The number of ether oxygens (including phenoxy) is 1. The van der Waals surface area contributed by atoms with Crippen molar-refractivity contribution < 1.29 is 19.4 Å². The van der Waals surface area contributed by atoms with Crippen LogP contribution in [0.3, 0.4) is 0 Å². The number of rotatable bonds is 5. The van der Waals surface area contributed by atoms with Gasteiger partial charge in [-0.2, -0.15) is 0 Å². The molecule has 0 spiro atoms. The van der Waals surface area contributed by atoms with Crippen LogP contribution in [0.4, 0.5) is 4.79 Å². The fourth-order valence-electron chi connectivity index (χ4n) is 1.99. The zero-order valence-electron chi connectivity index (χ0n) is 11.0. The fourth-order valence-corrected chi connectivity index (χ4v) is 1.99. The van der Waals surface area contributed by atoms with Gasteiger partial charge in [0.1, 0.15) is 0 Å². The smallest absolute Gasteiger partial charge is 0.315 e. The summed E-state index contributed by atoms with van der Waals surface area (Å²) < 4.78 is 5.34. The van der Waals surface area contributed by atoms with Crippen LogP contribution < -0.4 is 10.6 Å². The van der Waals surface area contributed by atoms with Gasteiger partial charge in [0.15, 0.2) is 0 Å². The molecule has 2 unspecified atom stereocenters. The number of urea groups is 1. The summed E-state index contributed by atoms with van der Waals surface area (Å²) >= 11 is 0. The Labute approximate surface area is 107 Å². The van der Waals surface area contributed by atoms with Gasteiger partial charge in [-0.25, -0.2) is 4.79 Å². The van der Waals surface area contributed by atoms with Gasteiger partial charge in [-0.15, -0.1) is 0 Å². The summed E-state index contributed by atoms with van der Waals surface area (Å²) in [5, 5.41) is 14.2. The molecule has 2 atom stereocenters. The van der Waals surface area contributed by atoms with E-state index < -0.39 is 5.97 Å². The van der Waals surface area contributed by atoms with Crippen molar-refractivity contribution in [2.24, 2.45) is 5.92 Å². The van der Waals surface area contributed by atoms with Crippen LogP contribution in [-0.4, -0.2) is 42.4 Å². The molecule has 6 nitrogen and oxygen atoms in total. The standard InChI is InChI=1S/C12H22N2O4/c1-9(6-10(15)16)7-13-11(17)14-12(2)4-3-5-18-8-12/h9H,3-8H2,1-2H3,(H,15,16)(H2,13,14,17). The number of aliphatic carboxylic acids is 1. The van der Waals surface area contributed by atoms with Crippen molar-refractivity contribution in [3.05, 3.63) is 0 Å². The number of nitrogens with one attached hydrogen (secondary N) is 2. The predicted molar refractivity (Wildman–Crippen MR) is 66.4 cm³/mol. The maximum Gasteiger partial charge on any atom is 0.315 e. The van der Waals surface area contributed by atoms with Crippen molar-refractivity contribution in [2.75, 3.05) is 19.8 Å². The summed E-state index contributed by atoms with van der Waals surface area (Å²) in [5.41, 5.74) is -0.321. The first-order chi connectivity index (χ1) is 8.41. The van der Waals surface area contributed by atoms with Gasteiger partial charge in [0.25, 0.3) is 0 Å². The van der Waals surface area contributed by atoms with Crippen molar-refractivity contribution in [3.63, 3.8) is 0 Å². The second-order valence-electron chi connectivity index (χ2n) is 5.25. The van der Waals surface area contributed by atoms with E-state index >= 15 is 0 Å². The predicted octanol–water partition coefficient (Wildman–Crippen LogP) is 0.965. The van der Waals surface area contributed by atoms with E-state index in [0.717, 1.165) is 19.4 Å². The van der Waals surface area contributed by atoms with Crippen molar-refractivity contribution in [3.8, 4) is 0 Å². The van der Waals surface area contributed by atoms with Crippen LogP contribution >= 0.6 is 0 Å². The quantitative estimate of drug-likeness (QED) is 0.685. The minimum atomic E-state index is -0.850. The Balaban J connectivity index is 2.26. The lowest BCUT2D eigenvalue weighted by atomic mass is 9.95. The van der Waals surface area contributed by atoms with E-state index in [-0.39, 0.29) is 23.9 Å². The summed E-state index contributed by atoms with van der Waals surface area (Å²) in [5.74, 6) is -0.930. The Morgan fingerprint density at radius 1 is 1.50 bits per heavy atom. The van der Waals surface area contributed by atoms with Crippen molar-refractivity contribution >= 4 is 12.0 Å². The molecule has 1 heterocycles. The molecule has 0 bridgehead atoms. The van der Waals surface area contributed by atoms with Gasteiger partial charge in [0, 0.05) is 19.6 Å². The van der Waals surface area contributed by atoms with Gasteiger partial charge in [-0.05, 0) is 25.7 Å². The van der Waals surface area contributed by atoms with Gasteiger partial charge in [-0.3, -0.25) is 4.79 Å². The van der Waals surface area contributed by atoms with Gasteiger partial charge in [-0.1, -0.05) is 6.92 Å². The molecule has 6 heteroatoms. The third-order valence-corrected chi connectivity index (χ3v) is 2.99. The Bertz CT molecular complexity index is 300. The van der Waals surface area contributed by atoms with Gasteiger partial charge < -0.3 is 20.5 Å². The zero-order valence-corrected chi connectivity index (χ0v) is 11.0. The Morgan fingerprint density at radius 2 is 2.22 bits per heavy atom. The van der Waals surface area contributed by atoms with E-state index in [2.05, 4.69) is 10.6 Å². The fraction of sp³-hybridized carbons (Fsp3) is 0.833. The number of carboxylic acids is 1. The monoisotopic (exact) mass is 258 g/mol. The van der Waals surface area contributed by atoms with Crippen molar-refractivity contribution in [2.45, 2.75) is 38.6 Å². The number of carbonyl (C=O) groups is 2. The first-order valence-corrected chi connectivity index (χ1v) is 6.27. The normalized spacial score (nSPS) is 25.2. The summed E-state index contributed by atoms with van der Waals surface area (Å²) in [7, 11) is 0. The van der Waals surface area contributed by atoms with Gasteiger partial charge in [0.2, 0.25) is 0 Å². The molecule has 1 saturated heterocycles. The largest absolute Gasteiger partial charge is 0.481 e. The molecule has 0 aromatic rings. The Kier molecular flexibility index (Phi) is 5.40. The second kappa shape index (κ2) is 6.58. The number of hydrogen-bond acceptors (Lipinski definition) is 3. The van der Waals surface area contributed by atoms with Crippen LogP contribution in [0, 0.1) is 5.92 Å². The van der Waals surface area contributed by atoms with Crippen LogP contribution in [0.2, 0.25) is 0 Å². The SMILES string of the molecule is CC(CNC(=O)NC1(C)CCCOC1)CC(=O)O. The molecule has 3 N–H and O–H groups in total. The molecule has 1 aliphatic heterocycles. The van der Waals surface area contributed by atoms with E-state index in [1.807, 2.05) is 6.92 Å². The number of amides is 2. The first-order valence-electron chi connectivity index (χ1n) is 6.27. The van der Waals surface area contributed by atoms with Crippen LogP contribution in [0.25, 0.3) is 0 Å². The summed E-state index contributed by atoms with van der Waals surface area (Å²) in [6.45, 7) is 5.36. The highest BCUT2D eigenvalue weighted by Crippen LogP contribution is 2.17. The summed E-state index contributed by atoms with van der Waals surface area (Å²) in [6, 6.07) is -0.264. The molecule has 104 valence electrons. The average Bonchev–Trinajstić information content (AvgIpc) is 2.26. The molecule has 2 amide bonds. The molecular formula is C12H22N2O4. The minimum Gasteiger partial charge on any atom is -0.481 e. The molecule has 18 heavy (non-hydrogen) atoms. The van der Waals surface area contributed by atoms with E-state index in [4.69, 9.17) is 9.84 Å². The highest BCUT2D eigenvalue weighted by Gasteiger charge is 2.29. The van der Waals surface area contributed by atoms with Crippen LogP contribution in [0.1, 0.15) is 33.1 Å². The van der Waals surface area contributed by atoms with E-state index in [1.165, 1.54) is 0 Å². The molecule has 1 fully saturated rings. The molecule has 0 aromatic carbocycles. The van der Waals surface area contributed by atoms with Crippen molar-refractivity contribution in [1.29, 1.82) is 0 Å². The lowest BCUT2D eigenvalue weighted by Crippen LogP contribution is -2.55. The lowest BCUT2D eigenvalue weighted by Gasteiger charge is -2.34. The van der Waals surface area contributed by atoms with Gasteiger partial charge >= 0.3 is 12.0 Å². The summed E-state index contributed by atoms with van der Waals surface area (Å²) in [6.07, 6.45) is 1.89. The number of carboxylic acid groups (broad SMARTS) is 1. The Hall–Kier alpha value is -1.30. The highest BCUT2D eigenvalue weighted by molar-refractivity contribution is 5.75.